The number of methoxy groups -OCH3 is 2. The first kappa shape index (κ1) is 22.2. The standard InChI is InChI=1S/C28H28N2O4/c1-18-9-11-21(12-10-18)30-26(31)17-23(28(30)32)29-14-13-20-15-24(33-2)25(34-3)16-22(20)27(29)19-7-5-4-6-8-19/h4-12,15-16,23,27H,13-14,17H2,1-3H3/t23-,27-/m1/s1. The van der Waals surface area contributed by atoms with E-state index in [4.69, 9.17) is 9.47 Å². The van der Waals surface area contributed by atoms with Crippen molar-refractivity contribution in [2.75, 3.05) is 25.7 Å². The number of fused-ring (bicyclic) bond motifs is 1. The molecule has 0 unspecified atom stereocenters. The van der Waals surface area contributed by atoms with Gasteiger partial charge >= 0.3 is 0 Å². The third-order valence-electron chi connectivity index (χ3n) is 6.84. The van der Waals surface area contributed by atoms with Gasteiger partial charge in [0.05, 0.1) is 38.4 Å². The summed E-state index contributed by atoms with van der Waals surface area (Å²) in [5.41, 5.74) is 5.02. The fraction of sp³-hybridized carbons (Fsp3) is 0.286. The largest absolute Gasteiger partial charge is 0.493 e. The normalized spacial score (nSPS) is 20.4. The summed E-state index contributed by atoms with van der Waals surface area (Å²) in [5, 5.41) is 0. The molecule has 174 valence electrons. The molecule has 6 heteroatoms. The molecule has 6 nitrogen and oxygen atoms in total. The molecular formula is C28H28N2O4. The molecule has 1 saturated heterocycles. The summed E-state index contributed by atoms with van der Waals surface area (Å²) in [6, 6.07) is 21.0. The molecule has 0 aliphatic carbocycles. The van der Waals surface area contributed by atoms with Gasteiger partial charge in [-0.2, -0.15) is 0 Å². The van der Waals surface area contributed by atoms with Crippen molar-refractivity contribution in [1.82, 2.24) is 4.90 Å². The van der Waals surface area contributed by atoms with Gasteiger partial charge in [-0.25, -0.2) is 4.90 Å². The van der Waals surface area contributed by atoms with Crippen LogP contribution in [0.15, 0.2) is 66.7 Å². The van der Waals surface area contributed by atoms with Gasteiger partial charge in [0.25, 0.3) is 5.91 Å². The molecule has 3 aromatic rings. The van der Waals surface area contributed by atoms with Gasteiger partial charge < -0.3 is 9.47 Å². The van der Waals surface area contributed by atoms with Crippen molar-refractivity contribution in [3.05, 3.63) is 89.0 Å². The van der Waals surface area contributed by atoms with Crippen molar-refractivity contribution in [2.24, 2.45) is 0 Å². The Morgan fingerprint density at radius 2 is 1.56 bits per heavy atom. The minimum atomic E-state index is -0.528. The van der Waals surface area contributed by atoms with Crippen molar-refractivity contribution < 1.29 is 19.1 Å². The maximum Gasteiger partial charge on any atom is 0.251 e. The van der Waals surface area contributed by atoms with Crippen molar-refractivity contribution in [1.29, 1.82) is 0 Å². The van der Waals surface area contributed by atoms with E-state index in [9.17, 15) is 9.59 Å². The molecule has 34 heavy (non-hydrogen) atoms. The van der Waals surface area contributed by atoms with Crippen LogP contribution in [-0.4, -0.2) is 43.5 Å². The van der Waals surface area contributed by atoms with Crippen LogP contribution in [0.5, 0.6) is 11.5 Å². The van der Waals surface area contributed by atoms with Gasteiger partial charge in [-0.1, -0.05) is 48.0 Å². The van der Waals surface area contributed by atoms with E-state index in [-0.39, 0.29) is 24.3 Å². The van der Waals surface area contributed by atoms with E-state index in [1.54, 1.807) is 14.2 Å². The van der Waals surface area contributed by atoms with Crippen LogP contribution in [0.1, 0.15) is 34.7 Å². The summed E-state index contributed by atoms with van der Waals surface area (Å²) in [5.74, 6) is 1.01. The first-order chi connectivity index (χ1) is 16.5. The number of nitrogens with zero attached hydrogens (tertiary/aromatic N) is 2. The van der Waals surface area contributed by atoms with Crippen LogP contribution in [0.3, 0.4) is 0 Å². The highest BCUT2D eigenvalue weighted by Crippen LogP contribution is 2.43. The second kappa shape index (κ2) is 8.95. The molecule has 3 aromatic carbocycles. The van der Waals surface area contributed by atoms with Crippen LogP contribution >= 0.6 is 0 Å². The topological polar surface area (TPSA) is 59.1 Å². The van der Waals surface area contributed by atoms with Crippen LogP contribution in [0.25, 0.3) is 0 Å². The van der Waals surface area contributed by atoms with Crippen LogP contribution in [-0.2, 0) is 16.0 Å². The molecule has 0 aromatic heterocycles. The lowest BCUT2D eigenvalue weighted by molar-refractivity contribution is -0.123. The fourth-order valence-electron chi connectivity index (χ4n) is 5.15. The highest BCUT2D eigenvalue weighted by atomic mass is 16.5. The lowest BCUT2D eigenvalue weighted by atomic mass is 9.86. The van der Waals surface area contributed by atoms with Gasteiger partial charge in [0.1, 0.15) is 0 Å². The summed E-state index contributed by atoms with van der Waals surface area (Å²) in [4.78, 5) is 30.2. The van der Waals surface area contributed by atoms with E-state index >= 15 is 0 Å². The van der Waals surface area contributed by atoms with E-state index in [0.29, 0.717) is 23.7 Å². The monoisotopic (exact) mass is 456 g/mol. The number of hydrogen-bond donors (Lipinski definition) is 0. The number of ether oxygens (including phenoxy) is 2. The van der Waals surface area contributed by atoms with Gasteiger partial charge in [0.15, 0.2) is 11.5 Å². The van der Waals surface area contributed by atoms with E-state index in [1.165, 1.54) is 4.90 Å². The highest BCUT2D eigenvalue weighted by molar-refractivity contribution is 6.22. The smallest absolute Gasteiger partial charge is 0.251 e. The van der Waals surface area contributed by atoms with Crippen LogP contribution in [0, 0.1) is 6.92 Å². The van der Waals surface area contributed by atoms with Crippen molar-refractivity contribution >= 4 is 17.5 Å². The van der Waals surface area contributed by atoms with Crippen LogP contribution in [0.2, 0.25) is 0 Å². The number of amides is 2. The zero-order chi connectivity index (χ0) is 23.8. The molecule has 2 amide bonds. The number of imide groups is 1. The third kappa shape index (κ3) is 3.74. The molecule has 1 fully saturated rings. The van der Waals surface area contributed by atoms with Gasteiger partial charge in [0.2, 0.25) is 5.91 Å². The Hall–Kier alpha value is -3.64. The Bertz CT molecular complexity index is 1220. The van der Waals surface area contributed by atoms with Crippen molar-refractivity contribution in [3.8, 4) is 11.5 Å². The predicted molar refractivity (Wildman–Crippen MR) is 130 cm³/mol. The first-order valence-electron chi connectivity index (χ1n) is 11.5. The fourth-order valence-corrected chi connectivity index (χ4v) is 5.15. The molecule has 0 spiro atoms. The van der Waals surface area contributed by atoms with Crippen LogP contribution < -0.4 is 14.4 Å². The summed E-state index contributed by atoms with van der Waals surface area (Å²) in [6.45, 7) is 2.65. The molecule has 0 N–H and O–H groups in total. The molecular weight excluding hydrogens is 428 g/mol. The predicted octanol–water partition coefficient (Wildman–Crippen LogP) is 4.29. The molecule has 2 aliphatic heterocycles. The molecule has 5 rings (SSSR count). The molecule has 0 bridgehead atoms. The average Bonchev–Trinajstić information content (AvgIpc) is 3.16. The molecule has 2 atom stereocenters. The maximum atomic E-state index is 13.6. The van der Waals surface area contributed by atoms with E-state index in [0.717, 1.165) is 28.7 Å². The third-order valence-corrected chi connectivity index (χ3v) is 6.84. The van der Waals surface area contributed by atoms with E-state index in [2.05, 4.69) is 17.0 Å². The SMILES string of the molecule is COc1cc2c(cc1OC)[C@@H](c1ccccc1)N([C@@H]1CC(=O)N(c3ccc(C)cc3)C1=O)CC2. The zero-order valence-corrected chi connectivity index (χ0v) is 19.7. The number of carbonyl (C=O) groups excluding carboxylic acids is 2. The molecule has 0 saturated carbocycles. The average molecular weight is 457 g/mol. The lowest BCUT2D eigenvalue weighted by Gasteiger charge is -2.40. The zero-order valence-electron chi connectivity index (χ0n) is 19.7. The maximum absolute atomic E-state index is 13.6. The number of benzene rings is 3. The number of rotatable bonds is 5. The Morgan fingerprint density at radius 3 is 2.24 bits per heavy atom. The molecule has 2 heterocycles. The van der Waals surface area contributed by atoms with Gasteiger partial charge in [-0.3, -0.25) is 14.5 Å². The molecule has 0 radical (unpaired) electrons. The summed E-state index contributed by atoms with van der Waals surface area (Å²) < 4.78 is 11.1. The van der Waals surface area contributed by atoms with Gasteiger partial charge in [0, 0.05) is 6.54 Å². The van der Waals surface area contributed by atoms with Crippen molar-refractivity contribution in [2.45, 2.75) is 31.8 Å². The van der Waals surface area contributed by atoms with Gasteiger partial charge in [-0.15, -0.1) is 0 Å². The van der Waals surface area contributed by atoms with E-state index in [1.807, 2.05) is 61.5 Å². The van der Waals surface area contributed by atoms with Crippen molar-refractivity contribution in [3.63, 3.8) is 0 Å². The molecule has 2 aliphatic rings. The summed E-state index contributed by atoms with van der Waals surface area (Å²) >= 11 is 0. The Balaban J connectivity index is 1.57. The first-order valence-corrected chi connectivity index (χ1v) is 11.5. The van der Waals surface area contributed by atoms with Crippen LogP contribution in [0.4, 0.5) is 5.69 Å². The Morgan fingerprint density at radius 1 is 0.882 bits per heavy atom. The summed E-state index contributed by atoms with van der Waals surface area (Å²) in [7, 11) is 3.26. The minimum Gasteiger partial charge on any atom is -0.493 e. The number of aryl methyl sites for hydroxylation is 1. The minimum absolute atomic E-state index is 0.163. The Labute approximate surface area is 199 Å². The summed E-state index contributed by atoms with van der Waals surface area (Å²) in [6.07, 6.45) is 0.917. The quantitative estimate of drug-likeness (QED) is 0.536. The lowest BCUT2D eigenvalue weighted by Crippen LogP contribution is -2.47. The number of anilines is 1. The van der Waals surface area contributed by atoms with Gasteiger partial charge in [-0.05, 0) is 54.3 Å². The Kier molecular flexibility index (Phi) is 5.84. The van der Waals surface area contributed by atoms with E-state index < -0.39 is 6.04 Å². The second-order valence-electron chi connectivity index (χ2n) is 8.83. The number of hydrogen-bond acceptors (Lipinski definition) is 5. The second-order valence-corrected chi connectivity index (χ2v) is 8.83. The number of carbonyl (C=O) groups is 2. The highest BCUT2D eigenvalue weighted by Gasteiger charge is 2.46.